The van der Waals surface area contributed by atoms with E-state index in [1.807, 2.05) is 0 Å². The van der Waals surface area contributed by atoms with Crippen molar-refractivity contribution in [2.45, 2.75) is 19.3 Å². The van der Waals surface area contributed by atoms with Crippen molar-refractivity contribution in [3.63, 3.8) is 0 Å². The standard InChI is InChI=1S/C13H12N2O/c1-3-9-4-2-6-11-13(9)10(5-1)14-12-7-16-8-15(11)12/h1,3,5,7H,2,4,6,8H2. The fourth-order valence-corrected chi connectivity index (χ4v) is 2.80. The van der Waals surface area contributed by atoms with Crippen LogP contribution in [0.5, 0.6) is 0 Å². The van der Waals surface area contributed by atoms with Gasteiger partial charge >= 0.3 is 0 Å². The van der Waals surface area contributed by atoms with Gasteiger partial charge in [-0.2, -0.15) is 0 Å². The van der Waals surface area contributed by atoms with E-state index in [-0.39, 0.29) is 0 Å². The highest BCUT2D eigenvalue weighted by molar-refractivity contribution is 5.52. The van der Waals surface area contributed by atoms with Crippen LogP contribution < -0.4 is 10.6 Å². The molecule has 2 aliphatic heterocycles. The fraction of sp³-hybridized carbons (Fsp3) is 0.308. The molecule has 1 aromatic rings. The molecule has 0 unspecified atom stereocenters. The topological polar surface area (TPSA) is 24.8 Å². The molecule has 80 valence electrons. The van der Waals surface area contributed by atoms with Gasteiger partial charge in [-0.15, -0.1) is 0 Å². The molecule has 1 aromatic carbocycles. The van der Waals surface area contributed by atoms with Crippen molar-refractivity contribution in [3.05, 3.63) is 46.4 Å². The maximum absolute atomic E-state index is 5.37. The second kappa shape index (κ2) is 2.88. The number of aryl methyl sites for hydroxylation is 1. The molecule has 0 saturated carbocycles. The van der Waals surface area contributed by atoms with E-state index in [2.05, 4.69) is 28.1 Å². The number of fused-ring (bicyclic) bond motifs is 2. The molecule has 4 rings (SSSR count). The van der Waals surface area contributed by atoms with Gasteiger partial charge in [-0.25, -0.2) is 4.99 Å². The quantitative estimate of drug-likeness (QED) is 0.637. The molecule has 2 heterocycles. The van der Waals surface area contributed by atoms with Crippen LogP contribution in [0.3, 0.4) is 0 Å². The lowest BCUT2D eigenvalue weighted by Gasteiger charge is -2.27. The predicted molar refractivity (Wildman–Crippen MR) is 59.4 cm³/mol. The Bertz CT molecular complexity index is 615. The number of nitrogens with zero attached hydrogens (tertiary/aromatic N) is 2. The number of hydrogen-bond donors (Lipinski definition) is 0. The molecule has 0 spiro atoms. The molecule has 0 saturated heterocycles. The summed E-state index contributed by atoms with van der Waals surface area (Å²) in [6.07, 6.45) is 5.31. The van der Waals surface area contributed by atoms with E-state index >= 15 is 0 Å². The van der Waals surface area contributed by atoms with Gasteiger partial charge < -0.3 is 4.74 Å². The van der Waals surface area contributed by atoms with Crippen LogP contribution in [0.2, 0.25) is 0 Å². The zero-order valence-corrected chi connectivity index (χ0v) is 8.94. The Morgan fingerprint density at radius 2 is 2.25 bits per heavy atom. The van der Waals surface area contributed by atoms with Gasteiger partial charge in [0.25, 0.3) is 0 Å². The highest BCUT2D eigenvalue weighted by atomic mass is 16.5. The van der Waals surface area contributed by atoms with Crippen LogP contribution in [0.4, 0.5) is 0 Å². The van der Waals surface area contributed by atoms with E-state index < -0.39 is 0 Å². The summed E-state index contributed by atoms with van der Waals surface area (Å²) < 4.78 is 5.37. The number of ether oxygens (including phenoxy) is 1. The normalized spacial score (nSPS) is 20.6. The van der Waals surface area contributed by atoms with Crippen LogP contribution in [0.15, 0.2) is 35.3 Å². The molecule has 0 aromatic heterocycles. The highest BCUT2D eigenvalue weighted by Gasteiger charge is 2.26. The van der Waals surface area contributed by atoms with Crippen LogP contribution in [0.25, 0.3) is 5.70 Å². The zero-order chi connectivity index (χ0) is 10.5. The van der Waals surface area contributed by atoms with E-state index in [1.54, 1.807) is 6.26 Å². The molecule has 0 fully saturated rings. The summed E-state index contributed by atoms with van der Waals surface area (Å²) >= 11 is 0. The van der Waals surface area contributed by atoms with Gasteiger partial charge in [0.05, 0.1) is 5.36 Å². The van der Waals surface area contributed by atoms with E-state index in [0.29, 0.717) is 6.73 Å². The van der Waals surface area contributed by atoms with Crippen molar-refractivity contribution in [1.29, 1.82) is 0 Å². The van der Waals surface area contributed by atoms with Crippen LogP contribution in [0, 0.1) is 0 Å². The third-order valence-corrected chi connectivity index (χ3v) is 3.51. The highest BCUT2D eigenvalue weighted by Crippen LogP contribution is 2.27. The molecule has 0 radical (unpaired) electrons. The Balaban J connectivity index is 2.16. The summed E-state index contributed by atoms with van der Waals surface area (Å²) in [5.41, 5.74) is 2.84. The van der Waals surface area contributed by atoms with Gasteiger partial charge in [-0.3, -0.25) is 4.90 Å². The maximum Gasteiger partial charge on any atom is 0.171 e. The van der Waals surface area contributed by atoms with Crippen LogP contribution >= 0.6 is 0 Å². The van der Waals surface area contributed by atoms with Gasteiger partial charge in [-0.05, 0) is 30.9 Å². The first-order valence-electron chi connectivity index (χ1n) is 5.72. The van der Waals surface area contributed by atoms with E-state index in [1.165, 1.54) is 29.3 Å². The number of rotatable bonds is 0. The van der Waals surface area contributed by atoms with E-state index in [0.717, 1.165) is 17.6 Å². The summed E-state index contributed by atoms with van der Waals surface area (Å²) in [6, 6.07) is 6.42. The molecule has 16 heavy (non-hydrogen) atoms. The van der Waals surface area contributed by atoms with Crippen molar-refractivity contribution < 1.29 is 4.74 Å². The van der Waals surface area contributed by atoms with Crippen LogP contribution in [-0.4, -0.2) is 11.6 Å². The lowest BCUT2D eigenvalue weighted by Crippen LogP contribution is -2.42. The lowest BCUT2D eigenvalue weighted by atomic mass is 9.95. The van der Waals surface area contributed by atoms with Gasteiger partial charge in [0.1, 0.15) is 6.26 Å². The molecule has 0 amide bonds. The monoisotopic (exact) mass is 212 g/mol. The molecule has 1 aliphatic carbocycles. The number of hydrogen-bond acceptors (Lipinski definition) is 3. The van der Waals surface area contributed by atoms with E-state index in [9.17, 15) is 0 Å². The summed E-state index contributed by atoms with van der Waals surface area (Å²) in [6.45, 7) is 0.627. The van der Waals surface area contributed by atoms with Crippen molar-refractivity contribution in [2.75, 3.05) is 6.73 Å². The van der Waals surface area contributed by atoms with Crippen LogP contribution in [0.1, 0.15) is 18.4 Å². The summed E-state index contributed by atoms with van der Waals surface area (Å²) in [5.74, 6) is 0.960. The number of benzene rings is 1. The minimum Gasteiger partial charge on any atom is -0.476 e. The Kier molecular flexibility index (Phi) is 1.51. The Hall–Kier alpha value is -1.77. The molecule has 0 atom stereocenters. The Morgan fingerprint density at radius 1 is 1.25 bits per heavy atom. The second-order valence-corrected chi connectivity index (χ2v) is 4.42. The lowest BCUT2D eigenvalue weighted by molar-refractivity contribution is 0.202. The maximum atomic E-state index is 5.37. The molecule has 3 nitrogen and oxygen atoms in total. The SMILES string of the molecule is C1=C2N=c3cccc4c3=C(CCC4)N2CO1. The third kappa shape index (κ3) is 0.953. The molecule has 0 bridgehead atoms. The van der Waals surface area contributed by atoms with Crippen LogP contribution in [-0.2, 0) is 11.2 Å². The average molecular weight is 212 g/mol. The largest absolute Gasteiger partial charge is 0.476 e. The molecule has 3 aliphatic rings. The van der Waals surface area contributed by atoms with Gasteiger partial charge in [0.15, 0.2) is 12.6 Å². The van der Waals surface area contributed by atoms with Crippen molar-refractivity contribution in [2.24, 2.45) is 4.99 Å². The predicted octanol–water partition coefficient (Wildman–Crippen LogP) is 0.853. The Labute approximate surface area is 93.4 Å². The van der Waals surface area contributed by atoms with E-state index in [4.69, 9.17) is 4.74 Å². The minimum atomic E-state index is 0.627. The van der Waals surface area contributed by atoms with Crippen molar-refractivity contribution in [1.82, 2.24) is 4.90 Å². The molecular weight excluding hydrogens is 200 g/mol. The summed E-state index contributed by atoms with van der Waals surface area (Å²) in [7, 11) is 0. The molecule has 3 heteroatoms. The van der Waals surface area contributed by atoms with Gasteiger partial charge in [0, 0.05) is 10.9 Å². The first-order chi connectivity index (χ1) is 7.93. The summed E-state index contributed by atoms with van der Waals surface area (Å²) in [5, 5.41) is 2.47. The molecule has 0 N–H and O–H groups in total. The zero-order valence-electron chi connectivity index (χ0n) is 8.94. The third-order valence-electron chi connectivity index (χ3n) is 3.51. The smallest absolute Gasteiger partial charge is 0.171 e. The first-order valence-corrected chi connectivity index (χ1v) is 5.72. The fourth-order valence-electron chi connectivity index (χ4n) is 2.80. The van der Waals surface area contributed by atoms with Gasteiger partial charge in [-0.1, -0.05) is 12.1 Å². The second-order valence-electron chi connectivity index (χ2n) is 4.42. The van der Waals surface area contributed by atoms with Gasteiger partial charge in [0.2, 0.25) is 0 Å². The molecular formula is C13H12N2O. The van der Waals surface area contributed by atoms with Crippen molar-refractivity contribution >= 4 is 5.70 Å². The Morgan fingerprint density at radius 3 is 3.25 bits per heavy atom. The summed E-state index contributed by atoms with van der Waals surface area (Å²) in [4.78, 5) is 6.84. The minimum absolute atomic E-state index is 0.627. The van der Waals surface area contributed by atoms with Crippen molar-refractivity contribution in [3.8, 4) is 0 Å². The first kappa shape index (κ1) is 8.39. The average Bonchev–Trinajstić information content (AvgIpc) is 2.78.